The van der Waals surface area contributed by atoms with Crippen LogP contribution in [0.3, 0.4) is 0 Å². The quantitative estimate of drug-likeness (QED) is 0.0772. The Morgan fingerprint density at radius 3 is 0.870 bits per heavy atom. The van der Waals surface area contributed by atoms with E-state index in [0.717, 1.165) is 12.8 Å². The van der Waals surface area contributed by atoms with Crippen LogP contribution in [0.15, 0.2) is 12.1 Å². The van der Waals surface area contributed by atoms with E-state index in [4.69, 9.17) is 0 Å². The number of benzene rings is 1. The van der Waals surface area contributed by atoms with Gasteiger partial charge in [0.15, 0.2) is 0 Å². The van der Waals surface area contributed by atoms with Crippen molar-refractivity contribution >= 4 is 0 Å². The summed E-state index contributed by atoms with van der Waals surface area (Å²) in [6.07, 6.45) is 35.5. The van der Waals surface area contributed by atoms with E-state index < -0.39 is 0 Å². The topological polar surface area (TPSA) is 30.0 Å². The maximum atomic E-state index is 11.3. The summed E-state index contributed by atoms with van der Waals surface area (Å²) in [4.78, 5) is 6.89. The first-order chi connectivity index (χ1) is 22.3. The van der Waals surface area contributed by atoms with Crippen molar-refractivity contribution in [2.45, 2.75) is 173 Å². The Bertz CT molecular complexity index is 757. The highest BCUT2D eigenvalue weighted by molar-refractivity contribution is 5.44. The summed E-state index contributed by atoms with van der Waals surface area (Å²) in [6, 6.07) is 4.73. The zero-order chi connectivity index (χ0) is 33.7. The second-order valence-electron chi connectivity index (χ2n) is 15.4. The van der Waals surface area contributed by atoms with Gasteiger partial charge in [-0.2, -0.15) is 0 Å². The molecule has 0 heterocycles. The van der Waals surface area contributed by atoms with E-state index in [0.29, 0.717) is 5.75 Å². The van der Waals surface area contributed by atoms with Crippen molar-refractivity contribution in [3.8, 4) is 5.75 Å². The monoisotopic (exact) mass is 644 g/mol. The minimum Gasteiger partial charge on any atom is -0.507 e. The fraction of sp³-hybridized carbons (Fsp3) is 0.857. The molecule has 0 unspecified atom stereocenters. The highest BCUT2D eigenvalue weighted by Crippen LogP contribution is 2.29. The molecule has 1 aromatic carbocycles. The van der Waals surface area contributed by atoms with Gasteiger partial charge in [0.1, 0.15) is 5.75 Å². The largest absolute Gasteiger partial charge is 0.507 e. The average molecular weight is 644 g/mol. The summed E-state index contributed by atoms with van der Waals surface area (Å²) in [6.45, 7) is 3.67. The third-order valence-corrected chi connectivity index (χ3v) is 9.75. The van der Waals surface area contributed by atoms with Gasteiger partial charge in [-0.15, -0.1) is 0 Å². The predicted molar refractivity (Wildman–Crippen MR) is 206 cm³/mol. The highest BCUT2D eigenvalue weighted by Gasteiger charge is 2.11. The third-order valence-electron chi connectivity index (χ3n) is 9.75. The standard InChI is InChI=1S/C42H81N3O/c1-43(2)34-28-22-16-10-7-13-19-25-31-39-37-40(32-26-20-14-8-11-17-23-29-35-44(3)4)42(46)41(38-39)33-27-21-15-9-12-18-24-30-36-45(5)6/h37-38,46H,7-36H2,1-6H3. The first kappa shape index (κ1) is 42.9. The van der Waals surface area contributed by atoms with Crippen molar-refractivity contribution in [3.63, 3.8) is 0 Å². The van der Waals surface area contributed by atoms with E-state index in [2.05, 4.69) is 69.1 Å². The summed E-state index contributed by atoms with van der Waals surface area (Å²) < 4.78 is 0. The van der Waals surface area contributed by atoms with E-state index >= 15 is 0 Å². The second kappa shape index (κ2) is 30.0. The Kier molecular flexibility index (Phi) is 28.0. The van der Waals surface area contributed by atoms with Gasteiger partial charge in [0.05, 0.1) is 0 Å². The van der Waals surface area contributed by atoms with E-state index in [1.807, 2.05) is 0 Å². The van der Waals surface area contributed by atoms with Crippen molar-refractivity contribution in [1.29, 1.82) is 0 Å². The van der Waals surface area contributed by atoms with Crippen LogP contribution < -0.4 is 0 Å². The first-order valence-electron chi connectivity index (χ1n) is 20.1. The van der Waals surface area contributed by atoms with Gasteiger partial charge in [-0.3, -0.25) is 0 Å². The molecular formula is C42H81N3O. The molecule has 270 valence electrons. The third kappa shape index (κ3) is 25.9. The maximum Gasteiger partial charge on any atom is 0.121 e. The number of phenolic OH excluding ortho intramolecular Hbond substituents is 1. The fourth-order valence-electron chi connectivity index (χ4n) is 6.78. The van der Waals surface area contributed by atoms with Crippen LogP contribution in [0.1, 0.15) is 171 Å². The van der Waals surface area contributed by atoms with Gasteiger partial charge in [0, 0.05) is 0 Å². The van der Waals surface area contributed by atoms with E-state index in [9.17, 15) is 5.11 Å². The minimum absolute atomic E-state index is 0.625. The lowest BCUT2D eigenvalue weighted by Crippen LogP contribution is -2.12. The van der Waals surface area contributed by atoms with Gasteiger partial charge in [0.2, 0.25) is 0 Å². The number of rotatable bonds is 33. The van der Waals surface area contributed by atoms with Gasteiger partial charge in [-0.05, 0) is 136 Å². The Morgan fingerprint density at radius 2 is 0.587 bits per heavy atom. The zero-order valence-electron chi connectivity index (χ0n) is 32.2. The summed E-state index contributed by atoms with van der Waals surface area (Å²) in [5.41, 5.74) is 3.93. The van der Waals surface area contributed by atoms with Crippen molar-refractivity contribution in [2.75, 3.05) is 61.9 Å². The Morgan fingerprint density at radius 1 is 0.348 bits per heavy atom. The molecule has 1 N–H and O–H groups in total. The lowest BCUT2D eigenvalue weighted by atomic mass is 9.93. The molecule has 0 fully saturated rings. The second-order valence-corrected chi connectivity index (χ2v) is 15.4. The van der Waals surface area contributed by atoms with Crippen LogP contribution in [-0.4, -0.2) is 81.7 Å². The zero-order valence-corrected chi connectivity index (χ0v) is 32.2. The number of hydrogen-bond acceptors (Lipinski definition) is 4. The normalized spacial score (nSPS) is 11.9. The molecule has 0 amide bonds. The predicted octanol–water partition coefficient (Wildman–Crippen LogP) is 11.1. The van der Waals surface area contributed by atoms with Crippen LogP contribution in [-0.2, 0) is 19.3 Å². The molecule has 0 bridgehead atoms. The Hall–Kier alpha value is -1.10. The van der Waals surface area contributed by atoms with Gasteiger partial charge < -0.3 is 19.8 Å². The molecular weight excluding hydrogens is 562 g/mol. The first-order valence-corrected chi connectivity index (χ1v) is 20.1. The molecule has 0 saturated heterocycles. The van der Waals surface area contributed by atoms with E-state index in [1.54, 1.807) is 0 Å². The van der Waals surface area contributed by atoms with Crippen molar-refractivity contribution < 1.29 is 5.11 Å². The minimum atomic E-state index is 0.625. The van der Waals surface area contributed by atoms with Gasteiger partial charge in [0.25, 0.3) is 0 Å². The molecule has 0 radical (unpaired) electrons. The SMILES string of the molecule is CN(C)CCCCCCCCCCc1cc(CCCCCCCCCCN(C)C)c(O)c(CCCCCCCCCCN(C)C)c1. The Labute approximate surface area is 289 Å². The lowest BCUT2D eigenvalue weighted by molar-refractivity contribution is 0.389. The number of hydrogen-bond donors (Lipinski definition) is 1. The van der Waals surface area contributed by atoms with Gasteiger partial charge >= 0.3 is 0 Å². The molecule has 0 aliphatic rings. The Balaban J connectivity index is 2.44. The molecule has 0 atom stereocenters. The number of phenols is 1. The van der Waals surface area contributed by atoms with Crippen molar-refractivity contribution in [1.82, 2.24) is 14.7 Å². The van der Waals surface area contributed by atoms with Crippen LogP contribution in [0.5, 0.6) is 5.75 Å². The molecule has 46 heavy (non-hydrogen) atoms. The van der Waals surface area contributed by atoms with Crippen LogP contribution in [0.4, 0.5) is 0 Å². The van der Waals surface area contributed by atoms with Crippen LogP contribution in [0.2, 0.25) is 0 Å². The molecule has 0 aromatic heterocycles. The number of aryl methyl sites for hydroxylation is 3. The summed E-state index contributed by atoms with van der Waals surface area (Å²) in [5.74, 6) is 0.625. The highest BCUT2D eigenvalue weighted by atomic mass is 16.3. The summed E-state index contributed by atoms with van der Waals surface area (Å²) in [5, 5.41) is 11.3. The van der Waals surface area contributed by atoms with Crippen molar-refractivity contribution in [3.05, 3.63) is 28.8 Å². The van der Waals surface area contributed by atoms with Gasteiger partial charge in [-0.1, -0.05) is 128 Å². The smallest absolute Gasteiger partial charge is 0.121 e. The van der Waals surface area contributed by atoms with Crippen molar-refractivity contribution in [2.24, 2.45) is 0 Å². The summed E-state index contributed by atoms with van der Waals surface area (Å²) >= 11 is 0. The van der Waals surface area contributed by atoms with Crippen LogP contribution in [0, 0.1) is 0 Å². The molecule has 0 spiro atoms. The van der Waals surface area contributed by atoms with Crippen LogP contribution in [0.25, 0.3) is 0 Å². The van der Waals surface area contributed by atoms with Crippen LogP contribution >= 0.6 is 0 Å². The molecule has 0 saturated carbocycles. The average Bonchev–Trinajstić information content (AvgIpc) is 3.01. The number of unbranched alkanes of at least 4 members (excludes halogenated alkanes) is 21. The molecule has 0 aliphatic carbocycles. The maximum absolute atomic E-state index is 11.3. The van der Waals surface area contributed by atoms with E-state index in [-0.39, 0.29) is 0 Å². The molecule has 4 nitrogen and oxygen atoms in total. The molecule has 1 aromatic rings. The summed E-state index contributed by atoms with van der Waals surface area (Å²) in [7, 11) is 13.0. The molecule has 1 rings (SSSR count). The number of nitrogens with zero attached hydrogens (tertiary/aromatic N) is 3. The fourth-order valence-corrected chi connectivity index (χ4v) is 6.78. The molecule has 4 heteroatoms. The van der Waals surface area contributed by atoms with E-state index in [1.165, 1.54) is 197 Å². The molecule has 0 aliphatic heterocycles. The number of aromatic hydroxyl groups is 1. The lowest BCUT2D eigenvalue weighted by Gasteiger charge is -2.14. The van der Waals surface area contributed by atoms with Gasteiger partial charge in [-0.25, -0.2) is 0 Å².